The largest absolute Gasteiger partial charge is 0.298 e. The van der Waals surface area contributed by atoms with Crippen LogP contribution in [0.5, 0.6) is 0 Å². The molecule has 0 aromatic heterocycles. The van der Waals surface area contributed by atoms with Gasteiger partial charge in [-0.15, -0.1) is 11.8 Å². The lowest BCUT2D eigenvalue weighted by molar-refractivity contribution is 0.112. The van der Waals surface area contributed by atoms with Crippen LogP contribution in [0.1, 0.15) is 43.0 Å². The third kappa shape index (κ3) is 5.03. The molecular formula is C13H18OS. The first-order chi connectivity index (χ1) is 7.36. The van der Waals surface area contributed by atoms with Crippen LogP contribution in [0.4, 0.5) is 0 Å². The van der Waals surface area contributed by atoms with Crippen LogP contribution in [0.2, 0.25) is 0 Å². The van der Waals surface area contributed by atoms with Crippen LogP contribution in [0, 0.1) is 0 Å². The molecule has 1 aromatic rings. The van der Waals surface area contributed by atoms with E-state index in [1.807, 2.05) is 36.0 Å². The van der Waals surface area contributed by atoms with E-state index in [4.69, 9.17) is 0 Å². The van der Waals surface area contributed by atoms with E-state index in [2.05, 4.69) is 6.92 Å². The Morgan fingerprint density at radius 1 is 1.13 bits per heavy atom. The first-order valence-corrected chi connectivity index (χ1v) is 6.53. The second kappa shape index (κ2) is 7.52. The molecule has 0 atom stereocenters. The first-order valence-electron chi connectivity index (χ1n) is 5.55. The number of hydrogen-bond acceptors (Lipinski definition) is 2. The van der Waals surface area contributed by atoms with Crippen LogP contribution in [0.25, 0.3) is 0 Å². The molecule has 0 fully saturated rings. The SMILES string of the molecule is CCCCCCSc1ccc(C=O)cc1. The predicted octanol–water partition coefficient (Wildman–Crippen LogP) is 4.17. The zero-order valence-electron chi connectivity index (χ0n) is 9.24. The number of thioether (sulfide) groups is 1. The van der Waals surface area contributed by atoms with Gasteiger partial charge in [0.25, 0.3) is 0 Å². The first kappa shape index (κ1) is 12.3. The Labute approximate surface area is 96.3 Å². The molecule has 0 saturated heterocycles. The molecule has 0 bridgehead atoms. The van der Waals surface area contributed by atoms with E-state index < -0.39 is 0 Å². The molecule has 1 rings (SSSR count). The summed E-state index contributed by atoms with van der Waals surface area (Å²) in [6, 6.07) is 7.80. The molecule has 0 heterocycles. The minimum Gasteiger partial charge on any atom is -0.298 e. The van der Waals surface area contributed by atoms with Gasteiger partial charge in [-0.2, -0.15) is 0 Å². The van der Waals surface area contributed by atoms with E-state index in [1.165, 1.54) is 36.3 Å². The number of hydrogen-bond donors (Lipinski definition) is 0. The molecule has 0 aliphatic heterocycles. The number of carbonyl (C=O) groups is 1. The molecule has 0 unspecified atom stereocenters. The van der Waals surface area contributed by atoms with Crippen molar-refractivity contribution in [3.8, 4) is 0 Å². The van der Waals surface area contributed by atoms with Crippen LogP contribution in [0.3, 0.4) is 0 Å². The van der Waals surface area contributed by atoms with Crippen molar-refractivity contribution < 1.29 is 4.79 Å². The van der Waals surface area contributed by atoms with Gasteiger partial charge in [0.1, 0.15) is 6.29 Å². The summed E-state index contributed by atoms with van der Waals surface area (Å²) in [4.78, 5) is 11.7. The van der Waals surface area contributed by atoms with Crippen LogP contribution in [0.15, 0.2) is 29.2 Å². The van der Waals surface area contributed by atoms with Gasteiger partial charge in [0, 0.05) is 10.5 Å². The molecule has 15 heavy (non-hydrogen) atoms. The van der Waals surface area contributed by atoms with Gasteiger partial charge >= 0.3 is 0 Å². The van der Waals surface area contributed by atoms with Gasteiger partial charge in [0.15, 0.2) is 0 Å². The third-order valence-electron chi connectivity index (χ3n) is 2.28. The number of rotatable bonds is 7. The maximum atomic E-state index is 10.4. The monoisotopic (exact) mass is 222 g/mol. The molecule has 0 aliphatic carbocycles. The van der Waals surface area contributed by atoms with Gasteiger partial charge < -0.3 is 0 Å². The van der Waals surface area contributed by atoms with Gasteiger partial charge in [-0.3, -0.25) is 4.79 Å². The molecule has 1 aromatic carbocycles. The van der Waals surface area contributed by atoms with Gasteiger partial charge in [-0.05, 0) is 24.3 Å². The van der Waals surface area contributed by atoms with Crippen molar-refractivity contribution in [2.24, 2.45) is 0 Å². The summed E-state index contributed by atoms with van der Waals surface area (Å²) < 4.78 is 0. The smallest absolute Gasteiger partial charge is 0.150 e. The summed E-state index contributed by atoms with van der Waals surface area (Å²) in [5, 5.41) is 0. The summed E-state index contributed by atoms with van der Waals surface area (Å²) in [5.74, 6) is 1.18. The fourth-order valence-electron chi connectivity index (χ4n) is 1.36. The Morgan fingerprint density at radius 3 is 2.47 bits per heavy atom. The number of carbonyl (C=O) groups excluding carboxylic acids is 1. The maximum absolute atomic E-state index is 10.4. The predicted molar refractivity (Wildman–Crippen MR) is 66.7 cm³/mol. The fraction of sp³-hybridized carbons (Fsp3) is 0.462. The van der Waals surface area contributed by atoms with Crippen molar-refractivity contribution in [1.29, 1.82) is 0 Å². The summed E-state index contributed by atoms with van der Waals surface area (Å²) >= 11 is 1.87. The molecule has 0 amide bonds. The molecule has 0 spiro atoms. The maximum Gasteiger partial charge on any atom is 0.150 e. The molecule has 1 nitrogen and oxygen atoms in total. The number of unbranched alkanes of at least 4 members (excludes halogenated alkanes) is 3. The van der Waals surface area contributed by atoms with Crippen LogP contribution in [-0.4, -0.2) is 12.0 Å². The Balaban J connectivity index is 2.22. The van der Waals surface area contributed by atoms with Gasteiger partial charge in [-0.1, -0.05) is 38.3 Å². The minimum absolute atomic E-state index is 0.755. The molecule has 0 radical (unpaired) electrons. The van der Waals surface area contributed by atoms with Crippen molar-refractivity contribution >= 4 is 18.0 Å². The summed E-state index contributed by atoms with van der Waals surface area (Å²) in [5.41, 5.74) is 0.755. The Kier molecular flexibility index (Phi) is 6.17. The number of benzene rings is 1. The standard InChI is InChI=1S/C13H18OS/c1-2-3-4-5-10-15-13-8-6-12(11-14)7-9-13/h6-9,11H,2-5,10H2,1H3. The molecule has 0 aliphatic rings. The molecule has 0 saturated carbocycles. The quantitative estimate of drug-likeness (QED) is 0.391. The van der Waals surface area contributed by atoms with Crippen molar-refractivity contribution in [3.63, 3.8) is 0 Å². The third-order valence-corrected chi connectivity index (χ3v) is 3.38. The summed E-state index contributed by atoms with van der Waals surface area (Å²) in [7, 11) is 0. The fourth-order valence-corrected chi connectivity index (χ4v) is 2.27. The van der Waals surface area contributed by atoms with Crippen molar-refractivity contribution in [2.45, 2.75) is 37.5 Å². The molecule has 2 heteroatoms. The van der Waals surface area contributed by atoms with Crippen molar-refractivity contribution in [3.05, 3.63) is 29.8 Å². The van der Waals surface area contributed by atoms with Crippen molar-refractivity contribution in [1.82, 2.24) is 0 Å². The summed E-state index contributed by atoms with van der Waals surface area (Å²) in [6.07, 6.45) is 6.13. The normalized spacial score (nSPS) is 10.2. The minimum atomic E-state index is 0.755. The van der Waals surface area contributed by atoms with Crippen LogP contribution >= 0.6 is 11.8 Å². The average molecular weight is 222 g/mol. The Hall–Kier alpha value is -0.760. The molecular weight excluding hydrogens is 204 g/mol. The van der Waals surface area contributed by atoms with E-state index in [-0.39, 0.29) is 0 Å². The average Bonchev–Trinajstić information content (AvgIpc) is 2.30. The zero-order valence-corrected chi connectivity index (χ0v) is 10.1. The van der Waals surface area contributed by atoms with E-state index >= 15 is 0 Å². The van der Waals surface area contributed by atoms with E-state index in [0.717, 1.165) is 11.8 Å². The van der Waals surface area contributed by atoms with Crippen molar-refractivity contribution in [2.75, 3.05) is 5.75 Å². The van der Waals surface area contributed by atoms with Crippen LogP contribution < -0.4 is 0 Å². The lowest BCUT2D eigenvalue weighted by Gasteiger charge is -2.01. The molecule has 0 N–H and O–H groups in total. The van der Waals surface area contributed by atoms with E-state index in [9.17, 15) is 4.79 Å². The molecule has 82 valence electrons. The zero-order chi connectivity index (χ0) is 10.9. The van der Waals surface area contributed by atoms with E-state index in [1.54, 1.807) is 0 Å². The lowest BCUT2D eigenvalue weighted by atomic mass is 10.2. The summed E-state index contributed by atoms with van der Waals surface area (Å²) in [6.45, 7) is 2.23. The van der Waals surface area contributed by atoms with Gasteiger partial charge in [-0.25, -0.2) is 0 Å². The van der Waals surface area contributed by atoms with Gasteiger partial charge in [0.2, 0.25) is 0 Å². The highest BCUT2D eigenvalue weighted by atomic mass is 32.2. The van der Waals surface area contributed by atoms with Crippen LogP contribution in [-0.2, 0) is 0 Å². The topological polar surface area (TPSA) is 17.1 Å². The highest BCUT2D eigenvalue weighted by Crippen LogP contribution is 2.19. The highest BCUT2D eigenvalue weighted by Gasteiger charge is 1.94. The second-order valence-corrected chi connectivity index (χ2v) is 4.76. The second-order valence-electron chi connectivity index (χ2n) is 3.60. The Bertz CT molecular complexity index is 279. The van der Waals surface area contributed by atoms with Gasteiger partial charge in [0.05, 0.1) is 0 Å². The van der Waals surface area contributed by atoms with E-state index in [0.29, 0.717) is 0 Å². The number of aldehydes is 1. The lowest BCUT2D eigenvalue weighted by Crippen LogP contribution is -1.82. The Morgan fingerprint density at radius 2 is 1.87 bits per heavy atom. The highest BCUT2D eigenvalue weighted by molar-refractivity contribution is 7.99.